The van der Waals surface area contributed by atoms with Crippen molar-refractivity contribution in [2.24, 2.45) is 10.9 Å². The summed E-state index contributed by atoms with van der Waals surface area (Å²) in [5.41, 5.74) is -0.299. The SMILES string of the molecule is CSCCC=C[C@@H]1CC(=O)NCc2nc(cs2)C2=N[C@@](C)(CS2)C(=O)N[C@@H](C(C)C)C(=O)O1. The quantitative estimate of drug-likeness (QED) is 0.356. The summed E-state index contributed by atoms with van der Waals surface area (Å²) >= 11 is 4.61. The van der Waals surface area contributed by atoms with Gasteiger partial charge in [-0.25, -0.2) is 9.78 Å². The summed E-state index contributed by atoms with van der Waals surface area (Å²) in [6.45, 7) is 5.74. The second-order valence-corrected chi connectivity index (χ2v) is 11.4. The maximum absolute atomic E-state index is 13.1. The number of cyclic esters (lactones) is 1. The Labute approximate surface area is 206 Å². The molecule has 3 rings (SSSR count). The molecule has 180 valence electrons. The standard InChI is InChI=1S/C22H30N4O4S3/c1-13(2)18-20(28)30-14(7-5-6-8-31-4)9-16(27)23-10-17-24-15(11-32-17)19-26-22(3,12-33-19)21(29)25-18/h5,7,11,13-14,18H,6,8-10,12H2,1-4H3,(H,23,27)(H,25,29)/t14-,18+,22+/m1/s1. The summed E-state index contributed by atoms with van der Waals surface area (Å²) in [4.78, 5) is 48.0. The van der Waals surface area contributed by atoms with Gasteiger partial charge in [0.2, 0.25) is 11.8 Å². The Hall–Kier alpha value is -1.85. The molecule has 1 aromatic rings. The van der Waals surface area contributed by atoms with Crippen molar-refractivity contribution in [3.05, 3.63) is 28.2 Å². The summed E-state index contributed by atoms with van der Waals surface area (Å²) in [6, 6.07) is -0.845. The zero-order valence-electron chi connectivity index (χ0n) is 19.3. The van der Waals surface area contributed by atoms with Crippen molar-refractivity contribution >= 4 is 57.7 Å². The molecule has 0 aliphatic carbocycles. The van der Waals surface area contributed by atoms with Crippen LogP contribution in [0.25, 0.3) is 0 Å². The molecule has 0 fully saturated rings. The number of aliphatic imine (C=N–C) groups is 1. The molecule has 4 bridgehead atoms. The van der Waals surface area contributed by atoms with E-state index in [9.17, 15) is 14.4 Å². The Morgan fingerprint density at radius 1 is 1.36 bits per heavy atom. The molecule has 0 unspecified atom stereocenters. The normalized spacial score (nSPS) is 26.8. The smallest absolute Gasteiger partial charge is 0.329 e. The van der Waals surface area contributed by atoms with Crippen LogP contribution in [0.15, 0.2) is 22.5 Å². The van der Waals surface area contributed by atoms with Gasteiger partial charge in [0.1, 0.15) is 33.4 Å². The average molecular weight is 511 g/mol. The van der Waals surface area contributed by atoms with Crippen LogP contribution in [-0.4, -0.2) is 63.3 Å². The van der Waals surface area contributed by atoms with Gasteiger partial charge >= 0.3 is 5.97 Å². The molecule has 0 saturated heterocycles. The van der Waals surface area contributed by atoms with E-state index < -0.39 is 23.7 Å². The molecule has 3 atom stereocenters. The second-order valence-electron chi connectivity index (χ2n) is 8.47. The minimum atomic E-state index is -1.00. The number of hydrogen-bond donors (Lipinski definition) is 2. The molecular weight excluding hydrogens is 480 g/mol. The fourth-order valence-electron chi connectivity index (χ4n) is 3.26. The first-order valence-corrected chi connectivity index (χ1v) is 14.1. The van der Waals surface area contributed by atoms with E-state index in [-0.39, 0.29) is 30.7 Å². The Kier molecular flexibility index (Phi) is 9.00. The van der Waals surface area contributed by atoms with Crippen molar-refractivity contribution < 1.29 is 19.1 Å². The third-order valence-corrected chi connectivity index (χ3v) is 8.01. The number of thiazole rings is 1. The van der Waals surface area contributed by atoms with Crippen LogP contribution < -0.4 is 10.6 Å². The molecule has 11 heteroatoms. The van der Waals surface area contributed by atoms with Gasteiger partial charge in [-0.15, -0.1) is 23.1 Å². The molecule has 2 aliphatic rings. The van der Waals surface area contributed by atoms with E-state index in [1.807, 2.05) is 31.6 Å². The Morgan fingerprint density at radius 2 is 2.15 bits per heavy atom. The number of aromatic nitrogens is 1. The number of carbonyl (C=O) groups is 3. The number of hydrogen-bond acceptors (Lipinski definition) is 9. The highest BCUT2D eigenvalue weighted by atomic mass is 32.2. The molecule has 8 nitrogen and oxygen atoms in total. The van der Waals surface area contributed by atoms with Crippen LogP contribution in [0.1, 0.15) is 44.3 Å². The van der Waals surface area contributed by atoms with Gasteiger partial charge in [-0.1, -0.05) is 19.9 Å². The number of amides is 2. The number of carbonyl (C=O) groups excluding carboxylic acids is 3. The number of allylic oxidation sites excluding steroid dienone is 1. The number of fused-ring (bicyclic) bond motifs is 4. The highest BCUT2D eigenvalue weighted by Gasteiger charge is 2.41. The number of rotatable bonds is 5. The third kappa shape index (κ3) is 6.83. The monoisotopic (exact) mass is 510 g/mol. The summed E-state index contributed by atoms with van der Waals surface area (Å²) in [7, 11) is 0. The zero-order chi connectivity index (χ0) is 24.0. The van der Waals surface area contributed by atoms with Gasteiger partial charge in [0.05, 0.1) is 13.0 Å². The van der Waals surface area contributed by atoms with Gasteiger partial charge in [-0.05, 0) is 37.3 Å². The van der Waals surface area contributed by atoms with E-state index in [0.717, 1.165) is 17.2 Å². The van der Waals surface area contributed by atoms with Crippen LogP contribution >= 0.6 is 34.9 Å². The van der Waals surface area contributed by atoms with Crippen LogP contribution in [0.3, 0.4) is 0 Å². The molecule has 0 aromatic carbocycles. The van der Waals surface area contributed by atoms with Crippen LogP contribution in [0.4, 0.5) is 0 Å². The predicted molar refractivity (Wildman–Crippen MR) is 135 cm³/mol. The topological polar surface area (TPSA) is 110 Å². The van der Waals surface area contributed by atoms with Gasteiger partial charge in [-0.2, -0.15) is 11.8 Å². The van der Waals surface area contributed by atoms with E-state index in [2.05, 4.69) is 20.6 Å². The van der Waals surface area contributed by atoms with Crippen LogP contribution in [0, 0.1) is 5.92 Å². The van der Waals surface area contributed by atoms with Gasteiger partial charge < -0.3 is 15.4 Å². The van der Waals surface area contributed by atoms with E-state index >= 15 is 0 Å². The molecule has 0 spiro atoms. The van der Waals surface area contributed by atoms with Crippen LogP contribution in [-0.2, 0) is 25.7 Å². The molecule has 3 heterocycles. The molecule has 2 N–H and O–H groups in total. The molecule has 0 saturated carbocycles. The van der Waals surface area contributed by atoms with Gasteiger partial charge in [-0.3, -0.25) is 14.6 Å². The fraction of sp³-hybridized carbons (Fsp3) is 0.591. The number of nitrogens with zero attached hydrogens (tertiary/aromatic N) is 2. The van der Waals surface area contributed by atoms with Crippen molar-refractivity contribution in [1.82, 2.24) is 15.6 Å². The summed E-state index contributed by atoms with van der Waals surface area (Å²) in [5, 5.41) is 9.02. The lowest BCUT2D eigenvalue weighted by atomic mass is 10.0. The maximum atomic E-state index is 13.1. The fourth-order valence-corrected chi connectivity index (χ4v) is 5.56. The zero-order valence-corrected chi connectivity index (χ0v) is 21.7. The average Bonchev–Trinajstić information content (AvgIpc) is 3.40. The van der Waals surface area contributed by atoms with Crippen molar-refractivity contribution in [2.75, 3.05) is 17.8 Å². The second kappa shape index (κ2) is 11.5. The van der Waals surface area contributed by atoms with Gasteiger partial charge in [0.25, 0.3) is 0 Å². The third-order valence-electron chi connectivity index (χ3n) is 5.24. The van der Waals surface area contributed by atoms with Gasteiger partial charge in [0, 0.05) is 11.1 Å². The molecule has 2 aliphatic heterocycles. The number of esters is 1. The number of thioether (sulfide) groups is 2. The molecule has 0 radical (unpaired) electrons. The predicted octanol–water partition coefficient (Wildman–Crippen LogP) is 2.78. The maximum Gasteiger partial charge on any atom is 0.329 e. The minimum Gasteiger partial charge on any atom is -0.456 e. The lowest BCUT2D eigenvalue weighted by Crippen LogP contribution is -2.53. The lowest BCUT2D eigenvalue weighted by Gasteiger charge is -2.27. The Morgan fingerprint density at radius 3 is 2.88 bits per heavy atom. The van der Waals surface area contributed by atoms with Crippen molar-refractivity contribution in [1.29, 1.82) is 0 Å². The number of nitrogens with one attached hydrogen (secondary N) is 2. The van der Waals surface area contributed by atoms with Crippen LogP contribution in [0.5, 0.6) is 0 Å². The molecular formula is C22H30N4O4S3. The van der Waals surface area contributed by atoms with E-state index in [0.29, 0.717) is 16.5 Å². The summed E-state index contributed by atoms with van der Waals surface area (Å²) in [6.07, 6.45) is 5.77. The summed E-state index contributed by atoms with van der Waals surface area (Å²) in [5.74, 6) is 0.0682. The lowest BCUT2D eigenvalue weighted by molar-refractivity contribution is -0.153. The molecule has 1 aromatic heterocycles. The van der Waals surface area contributed by atoms with Crippen molar-refractivity contribution in [3.63, 3.8) is 0 Å². The largest absolute Gasteiger partial charge is 0.456 e. The Balaban J connectivity index is 1.89. The van der Waals surface area contributed by atoms with E-state index in [4.69, 9.17) is 4.74 Å². The van der Waals surface area contributed by atoms with Gasteiger partial charge in [0.15, 0.2) is 0 Å². The van der Waals surface area contributed by atoms with E-state index in [1.54, 1.807) is 24.8 Å². The molecule has 33 heavy (non-hydrogen) atoms. The first kappa shape index (κ1) is 25.8. The van der Waals surface area contributed by atoms with Crippen LogP contribution in [0.2, 0.25) is 0 Å². The van der Waals surface area contributed by atoms with E-state index in [1.165, 1.54) is 23.1 Å². The van der Waals surface area contributed by atoms with Crippen molar-refractivity contribution in [2.45, 2.75) is 57.8 Å². The minimum absolute atomic E-state index is 0.00121. The first-order chi connectivity index (χ1) is 15.7. The highest BCUT2D eigenvalue weighted by molar-refractivity contribution is 8.14. The van der Waals surface area contributed by atoms with Crippen molar-refractivity contribution in [3.8, 4) is 0 Å². The molecule has 2 amide bonds. The number of ether oxygens (including phenoxy) is 1. The highest BCUT2D eigenvalue weighted by Crippen LogP contribution is 2.32. The summed E-state index contributed by atoms with van der Waals surface area (Å²) < 4.78 is 5.70. The first-order valence-electron chi connectivity index (χ1n) is 10.8. The Bertz CT molecular complexity index is 946.